The van der Waals surface area contributed by atoms with Crippen molar-refractivity contribution in [2.45, 2.75) is 26.2 Å². The van der Waals surface area contributed by atoms with Gasteiger partial charge in [-0.05, 0) is 41.8 Å². The lowest BCUT2D eigenvalue weighted by Crippen LogP contribution is -2.14. The fourth-order valence-electron chi connectivity index (χ4n) is 2.83. The summed E-state index contributed by atoms with van der Waals surface area (Å²) in [4.78, 5) is 4.92. The Labute approximate surface area is 142 Å². The molecule has 0 aliphatic heterocycles. The first-order valence-corrected chi connectivity index (χ1v) is 7.92. The van der Waals surface area contributed by atoms with E-state index in [1.807, 2.05) is 30.3 Å². The van der Waals surface area contributed by atoms with E-state index in [0.717, 1.165) is 33.5 Å². The van der Waals surface area contributed by atoms with Crippen molar-refractivity contribution in [2.75, 3.05) is 7.11 Å². The van der Waals surface area contributed by atoms with Crippen LogP contribution in [0.5, 0.6) is 5.75 Å². The van der Waals surface area contributed by atoms with E-state index >= 15 is 0 Å². The normalized spacial score (nSPS) is 11.3. The maximum atomic E-state index is 9.15. The van der Waals surface area contributed by atoms with Gasteiger partial charge in [-0.3, -0.25) is 4.98 Å². The second-order valence-corrected chi connectivity index (χ2v) is 6.89. The monoisotopic (exact) mass is 316 g/mol. The second-order valence-electron chi connectivity index (χ2n) is 6.89. The van der Waals surface area contributed by atoms with Crippen molar-refractivity contribution in [2.24, 2.45) is 0 Å². The molecule has 2 aromatic carbocycles. The van der Waals surface area contributed by atoms with Gasteiger partial charge in [-0.25, -0.2) is 0 Å². The molecule has 0 bridgehead atoms. The zero-order valence-electron chi connectivity index (χ0n) is 14.4. The molecule has 1 aromatic heterocycles. The van der Waals surface area contributed by atoms with Crippen LogP contribution in [0.15, 0.2) is 48.5 Å². The molecule has 0 saturated carbocycles. The van der Waals surface area contributed by atoms with E-state index in [4.69, 9.17) is 15.0 Å². The van der Waals surface area contributed by atoms with Crippen LogP contribution in [-0.4, -0.2) is 12.1 Å². The minimum atomic E-state index is -0.0876. The van der Waals surface area contributed by atoms with Crippen LogP contribution in [0.4, 0.5) is 0 Å². The fraction of sp³-hybridized carbons (Fsp3) is 0.238. The first-order valence-electron chi connectivity index (χ1n) is 7.92. The lowest BCUT2D eigenvalue weighted by Gasteiger charge is -2.21. The van der Waals surface area contributed by atoms with Crippen LogP contribution in [-0.2, 0) is 5.41 Å². The van der Waals surface area contributed by atoms with Crippen molar-refractivity contribution in [3.63, 3.8) is 0 Å². The molecule has 3 nitrogen and oxygen atoms in total. The highest BCUT2D eigenvalue weighted by Gasteiger charge is 2.20. The van der Waals surface area contributed by atoms with E-state index in [9.17, 15) is 0 Å². The zero-order chi connectivity index (χ0) is 17.3. The van der Waals surface area contributed by atoms with Gasteiger partial charge in [-0.15, -0.1) is 0 Å². The van der Waals surface area contributed by atoms with E-state index < -0.39 is 0 Å². The summed E-state index contributed by atoms with van der Waals surface area (Å²) in [5.41, 5.74) is 3.41. The number of methoxy groups -OCH3 is 1. The summed E-state index contributed by atoms with van der Waals surface area (Å²) in [6.45, 7) is 6.48. The second kappa shape index (κ2) is 5.98. The first-order chi connectivity index (χ1) is 11.4. The number of hydrogen-bond acceptors (Lipinski definition) is 3. The Morgan fingerprint density at radius 3 is 2.50 bits per heavy atom. The number of hydrogen-bond donors (Lipinski definition) is 0. The van der Waals surface area contributed by atoms with Crippen LogP contribution in [0.1, 0.15) is 32.0 Å². The topological polar surface area (TPSA) is 45.9 Å². The van der Waals surface area contributed by atoms with Crippen molar-refractivity contribution in [1.29, 1.82) is 5.26 Å². The predicted molar refractivity (Wildman–Crippen MR) is 97.1 cm³/mol. The highest BCUT2D eigenvalue weighted by molar-refractivity contribution is 5.89. The van der Waals surface area contributed by atoms with Crippen molar-refractivity contribution in [1.82, 2.24) is 4.98 Å². The number of nitrogens with zero attached hydrogens (tertiary/aromatic N) is 2. The van der Waals surface area contributed by atoms with Gasteiger partial charge in [0.05, 0.1) is 30.1 Å². The molecular formula is C21H20N2O. The average Bonchev–Trinajstić information content (AvgIpc) is 2.59. The van der Waals surface area contributed by atoms with Crippen LogP contribution >= 0.6 is 0 Å². The van der Waals surface area contributed by atoms with Crippen LogP contribution in [0, 0.1) is 11.3 Å². The minimum absolute atomic E-state index is 0.0876. The molecular weight excluding hydrogens is 296 g/mol. The molecule has 1 heterocycles. The van der Waals surface area contributed by atoms with Crippen molar-refractivity contribution in [3.05, 3.63) is 59.8 Å². The van der Waals surface area contributed by atoms with Gasteiger partial charge in [0, 0.05) is 16.4 Å². The number of ether oxygens (including phenoxy) is 1. The number of benzene rings is 2. The molecule has 0 aliphatic carbocycles. The van der Waals surface area contributed by atoms with E-state index in [1.165, 1.54) is 0 Å². The smallest absolute Gasteiger partial charge is 0.119 e. The summed E-state index contributed by atoms with van der Waals surface area (Å²) >= 11 is 0. The van der Waals surface area contributed by atoms with Gasteiger partial charge in [0.2, 0.25) is 0 Å². The largest absolute Gasteiger partial charge is 0.497 e. The highest BCUT2D eigenvalue weighted by atomic mass is 16.5. The molecule has 0 N–H and O–H groups in total. The van der Waals surface area contributed by atoms with Gasteiger partial charge >= 0.3 is 0 Å². The Balaban J connectivity index is 2.30. The standard InChI is InChI=1S/C21H20N2O/c1-21(2,3)20-18-9-8-17(24-4)11-16(18)12-19(23-20)15-7-5-6-14(10-15)13-22/h5-12H,1-4H3. The van der Waals surface area contributed by atoms with E-state index in [1.54, 1.807) is 13.2 Å². The molecule has 3 heteroatoms. The van der Waals surface area contributed by atoms with Crippen molar-refractivity contribution < 1.29 is 4.74 Å². The lowest BCUT2D eigenvalue weighted by molar-refractivity contribution is 0.415. The molecule has 3 aromatic rings. The molecule has 0 unspecified atom stereocenters. The predicted octanol–water partition coefficient (Wildman–Crippen LogP) is 5.08. The minimum Gasteiger partial charge on any atom is -0.497 e. The van der Waals surface area contributed by atoms with E-state index in [-0.39, 0.29) is 5.41 Å². The number of nitriles is 1. The molecule has 0 spiro atoms. The molecule has 0 aliphatic rings. The van der Waals surface area contributed by atoms with Gasteiger partial charge in [-0.2, -0.15) is 5.26 Å². The van der Waals surface area contributed by atoms with Crippen molar-refractivity contribution >= 4 is 10.8 Å². The number of aromatic nitrogens is 1. The molecule has 0 fully saturated rings. The van der Waals surface area contributed by atoms with Crippen molar-refractivity contribution in [3.8, 4) is 23.1 Å². The maximum absolute atomic E-state index is 9.15. The molecule has 0 radical (unpaired) electrons. The summed E-state index contributed by atoms with van der Waals surface area (Å²) in [7, 11) is 1.67. The lowest BCUT2D eigenvalue weighted by atomic mass is 9.87. The van der Waals surface area contributed by atoms with Crippen LogP contribution < -0.4 is 4.74 Å². The third kappa shape index (κ3) is 2.96. The first kappa shape index (κ1) is 16.0. The molecule has 3 rings (SSSR count). The Morgan fingerprint density at radius 2 is 1.83 bits per heavy atom. The molecule has 120 valence electrons. The molecule has 0 amide bonds. The Kier molecular flexibility index (Phi) is 3.99. The third-order valence-electron chi connectivity index (χ3n) is 4.04. The summed E-state index contributed by atoms with van der Waals surface area (Å²) in [5.74, 6) is 0.824. The number of fused-ring (bicyclic) bond motifs is 1. The number of rotatable bonds is 2. The highest BCUT2D eigenvalue weighted by Crippen LogP contribution is 2.33. The van der Waals surface area contributed by atoms with Crippen LogP contribution in [0.2, 0.25) is 0 Å². The van der Waals surface area contributed by atoms with Gasteiger partial charge in [0.1, 0.15) is 5.75 Å². The average molecular weight is 316 g/mol. The molecule has 0 atom stereocenters. The number of pyridine rings is 1. The van der Waals surface area contributed by atoms with Gasteiger partial charge < -0.3 is 4.74 Å². The zero-order valence-corrected chi connectivity index (χ0v) is 14.4. The molecule has 24 heavy (non-hydrogen) atoms. The Morgan fingerprint density at radius 1 is 1.04 bits per heavy atom. The summed E-state index contributed by atoms with van der Waals surface area (Å²) < 4.78 is 5.37. The van der Waals surface area contributed by atoms with Gasteiger partial charge in [-0.1, -0.05) is 32.9 Å². The van der Waals surface area contributed by atoms with E-state index in [2.05, 4.69) is 39.0 Å². The quantitative estimate of drug-likeness (QED) is 0.662. The maximum Gasteiger partial charge on any atom is 0.119 e. The van der Waals surface area contributed by atoms with E-state index in [0.29, 0.717) is 5.56 Å². The SMILES string of the molecule is COc1ccc2c(C(C)(C)C)nc(-c3cccc(C#N)c3)cc2c1. The summed E-state index contributed by atoms with van der Waals surface area (Å²) in [6.07, 6.45) is 0. The Hall–Kier alpha value is -2.86. The van der Waals surface area contributed by atoms with Crippen LogP contribution in [0.25, 0.3) is 22.0 Å². The van der Waals surface area contributed by atoms with Crippen LogP contribution in [0.3, 0.4) is 0 Å². The third-order valence-corrected chi connectivity index (χ3v) is 4.04. The summed E-state index contributed by atoms with van der Waals surface area (Å²) in [5, 5.41) is 11.4. The Bertz CT molecular complexity index is 946. The van der Waals surface area contributed by atoms with Gasteiger partial charge in [0.15, 0.2) is 0 Å². The molecule has 0 saturated heterocycles. The van der Waals surface area contributed by atoms with Gasteiger partial charge in [0.25, 0.3) is 0 Å². The summed E-state index contributed by atoms with van der Waals surface area (Å²) in [6, 6.07) is 17.9. The fourth-order valence-corrected chi connectivity index (χ4v) is 2.83.